The first-order valence-corrected chi connectivity index (χ1v) is 2.83. The Morgan fingerprint density at radius 2 is 2.67 bits per heavy atom. The highest BCUT2D eigenvalue weighted by atomic mass is 16.5. The molecule has 0 amide bonds. The second-order valence-corrected chi connectivity index (χ2v) is 2.07. The summed E-state index contributed by atoms with van der Waals surface area (Å²) in [6.07, 6.45) is 3.54. The molecule has 9 heavy (non-hydrogen) atoms. The van der Waals surface area contributed by atoms with Gasteiger partial charge in [-0.2, -0.15) is 0 Å². The molecule has 49 valence electrons. The molecule has 0 aromatic heterocycles. The van der Waals surface area contributed by atoms with Gasteiger partial charge in [0.15, 0.2) is 6.73 Å². The Kier molecular flexibility index (Phi) is 1.78. The molecule has 1 rings (SSSR count). The molecule has 0 aliphatic carbocycles. The highest BCUT2D eigenvalue weighted by Crippen LogP contribution is 2.07. The highest BCUT2D eigenvalue weighted by molar-refractivity contribution is 5.05. The first-order chi connectivity index (χ1) is 4.29. The van der Waals surface area contributed by atoms with E-state index in [9.17, 15) is 0 Å². The normalized spacial score (nSPS) is 15.9. The lowest BCUT2D eigenvalue weighted by atomic mass is 10.3. The van der Waals surface area contributed by atoms with E-state index >= 15 is 0 Å². The number of ether oxygens (including phenoxy) is 1. The van der Waals surface area contributed by atoms with Crippen LogP contribution in [0.2, 0.25) is 0 Å². The summed E-state index contributed by atoms with van der Waals surface area (Å²) in [5.41, 5.74) is 1.03. The topological polar surface area (TPSA) is 12.5 Å². The van der Waals surface area contributed by atoms with Gasteiger partial charge in [0.1, 0.15) is 6.26 Å². The van der Waals surface area contributed by atoms with Gasteiger partial charge in [0.25, 0.3) is 0 Å². The van der Waals surface area contributed by atoms with Crippen LogP contribution in [0.1, 0.15) is 6.92 Å². The molecule has 0 spiro atoms. The summed E-state index contributed by atoms with van der Waals surface area (Å²) in [5.74, 6) is 0. The van der Waals surface area contributed by atoms with Gasteiger partial charge in [0.2, 0.25) is 0 Å². The fraction of sp³-hybridized carbons (Fsp3) is 0.286. The standard InChI is InChI=1S/C7H10NO/c1-7(2)5-8-3-4-9-6-8/h3-5H,1,6H2,2H3. The van der Waals surface area contributed by atoms with E-state index in [0.717, 1.165) is 5.57 Å². The average molecular weight is 124 g/mol. The van der Waals surface area contributed by atoms with Crippen molar-refractivity contribution in [3.8, 4) is 0 Å². The molecule has 1 radical (unpaired) electrons. The third-order valence-corrected chi connectivity index (χ3v) is 0.958. The third-order valence-electron chi connectivity index (χ3n) is 0.958. The molecule has 0 fully saturated rings. The van der Waals surface area contributed by atoms with Gasteiger partial charge in [-0.05, 0) is 6.92 Å². The number of hydrogen-bond acceptors (Lipinski definition) is 2. The molecular weight excluding hydrogens is 114 g/mol. The average Bonchev–Trinajstić information content (AvgIpc) is 2.15. The third kappa shape index (κ3) is 1.80. The zero-order valence-corrected chi connectivity index (χ0v) is 5.50. The van der Waals surface area contributed by atoms with Crippen molar-refractivity contribution in [1.82, 2.24) is 4.90 Å². The van der Waals surface area contributed by atoms with Crippen molar-refractivity contribution in [3.63, 3.8) is 0 Å². The van der Waals surface area contributed by atoms with E-state index in [1.54, 1.807) is 6.26 Å². The molecule has 0 aromatic carbocycles. The maximum Gasteiger partial charge on any atom is 0.160 e. The lowest BCUT2D eigenvalue weighted by molar-refractivity contribution is 0.194. The smallest absolute Gasteiger partial charge is 0.160 e. The Balaban J connectivity index is 2.28. The van der Waals surface area contributed by atoms with Gasteiger partial charge >= 0.3 is 0 Å². The zero-order valence-electron chi connectivity index (χ0n) is 5.50. The quantitative estimate of drug-likeness (QED) is 0.553. The minimum Gasteiger partial charge on any atom is -0.479 e. The van der Waals surface area contributed by atoms with Crippen molar-refractivity contribution in [2.75, 3.05) is 6.73 Å². The van der Waals surface area contributed by atoms with Crippen LogP contribution in [-0.2, 0) is 4.74 Å². The van der Waals surface area contributed by atoms with E-state index < -0.39 is 0 Å². The minimum absolute atomic E-state index is 0.618. The summed E-state index contributed by atoms with van der Waals surface area (Å²) >= 11 is 0. The van der Waals surface area contributed by atoms with Crippen LogP contribution in [0.3, 0.4) is 0 Å². The summed E-state index contributed by atoms with van der Waals surface area (Å²) in [5, 5.41) is 0. The van der Waals surface area contributed by atoms with E-state index in [2.05, 4.69) is 6.58 Å². The van der Waals surface area contributed by atoms with Crippen LogP contribution >= 0.6 is 0 Å². The largest absolute Gasteiger partial charge is 0.479 e. The van der Waals surface area contributed by atoms with Crippen LogP contribution in [0.25, 0.3) is 0 Å². The van der Waals surface area contributed by atoms with Crippen LogP contribution in [-0.4, -0.2) is 11.6 Å². The SMILES string of the molecule is C=C(C)[CH]N1C=COC1. The van der Waals surface area contributed by atoms with Gasteiger partial charge in [-0.25, -0.2) is 0 Å². The van der Waals surface area contributed by atoms with Crippen molar-refractivity contribution in [2.45, 2.75) is 6.92 Å². The Morgan fingerprint density at radius 3 is 3.11 bits per heavy atom. The summed E-state index contributed by atoms with van der Waals surface area (Å²) < 4.78 is 4.93. The van der Waals surface area contributed by atoms with Crippen molar-refractivity contribution >= 4 is 0 Å². The molecule has 0 atom stereocenters. The van der Waals surface area contributed by atoms with Crippen molar-refractivity contribution in [3.05, 3.63) is 31.2 Å². The first kappa shape index (κ1) is 6.20. The summed E-state index contributed by atoms with van der Waals surface area (Å²) in [6, 6.07) is 0. The van der Waals surface area contributed by atoms with E-state index in [1.807, 2.05) is 24.6 Å². The predicted octanol–water partition coefficient (Wildman–Crippen LogP) is 1.49. The summed E-state index contributed by atoms with van der Waals surface area (Å²) in [4.78, 5) is 1.93. The van der Waals surface area contributed by atoms with Crippen molar-refractivity contribution in [1.29, 1.82) is 0 Å². The molecule has 1 aliphatic heterocycles. The van der Waals surface area contributed by atoms with Crippen molar-refractivity contribution in [2.24, 2.45) is 0 Å². The Bertz CT molecular complexity index is 140. The summed E-state index contributed by atoms with van der Waals surface area (Å²) in [6.45, 7) is 8.23. The van der Waals surface area contributed by atoms with Crippen LogP contribution < -0.4 is 0 Å². The van der Waals surface area contributed by atoms with Crippen LogP contribution in [0.4, 0.5) is 0 Å². The second kappa shape index (κ2) is 2.58. The van der Waals surface area contributed by atoms with Crippen LogP contribution in [0.15, 0.2) is 24.6 Å². The molecule has 0 bridgehead atoms. The van der Waals surface area contributed by atoms with Crippen LogP contribution in [0, 0.1) is 6.54 Å². The van der Waals surface area contributed by atoms with Gasteiger partial charge < -0.3 is 9.64 Å². The fourth-order valence-corrected chi connectivity index (χ4v) is 0.657. The number of hydrogen-bond donors (Lipinski definition) is 0. The first-order valence-electron chi connectivity index (χ1n) is 2.83. The van der Waals surface area contributed by atoms with Gasteiger partial charge in [0, 0.05) is 6.20 Å². The van der Waals surface area contributed by atoms with E-state index in [1.165, 1.54) is 0 Å². The maximum atomic E-state index is 4.93. The fourth-order valence-electron chi connectivity index (χ4n) is 0.657. The molecule has 0 saturated carbocycles. The maximum absolute atomic E-state index is 4.93. The molecular formula is C7H10NO. The zero-order chi connectivity index (χ0) is 6.69. The molecule has 1 aliphatic rings. The van der Waals surface area contributed by atoms with Gasteiger partial charge in [-0.3, -0.25) is 0 Å². The number of rotatable bonds is 2. The molecule has 0 aromatic rings. The molecule has 1 heterocycles. The molecule has 0 saturated heterocycles. The van der Waals surface area contributed by atoms with Gasteiger partial charge in [-0.15, -0.1) is 0 Å². The Hall–Kier alpha value is -0.920. The lowest BCUT2D eigenvalue weighted by Crippen LogP contribution is -2.11. The molecule has 0 N–H and O–H groups in total. The second-order valence-electron chi connectivity index (χ2n) is 2.07. The Morgan fingerprint density at radius 1 is 1.89 bits per heavy atom. The van der Waals surface area contributed by atoms with Gasteiger partial charge in [0.05, 0.1) is 6.54 Å². The van der Waals surface area contributed by atoms with Crippen LogP contribution in [0.5, 0.6) is 0 Å². The minimum atomic E-state index is 0.618. The highest BCUT2D eigenvalue weighted by Gasteiger charge is 2.03. The Labute approximate surface area is 55.4 Å². The van der Waals surface area contributed by atoms with E-state index in [-0.39, 0.29) is 0 Å². The van der Waals surface area contributed by atoms with E-state index in [0.29, 0.717) is 6.73 Å². The monoisotopic (exact) mass is 124 g/mol. The lowest BCUT2D eigenvalue weighted by Gasteiger charge is -2.11. The van der Waals surface area contributed by atoms with Crippen molar-refractivity contribution < 1.29 is 4.74 Å². The van der Waals surface area contributed by atoms with Gasteiger partial charge in [-0.1, -0.05) is 12.2 Å². The molecule has 2 nitrogen and oxygen atoms in total. The summed E-state index contributed by atoms with van der Waals surface area (Å²) in [7, 11) is 0. The molecule has 0 unspecified atom stereocenters. The molecule has 2 heteroatoms. The van der Waals surface area contributed by atoms with E-state index in [4.69, 9.17) is 4.74 Å². The predicted molar refractivity (Wildman–Crippen MR) is 36.0 cm³/mol. The number of nitrogens with zero attached hydrogens (tertiary/aromatic N) is 1.